The van der Waals surface area contributed by atoms with Crippen LogP contribution in [0.5, 0.6) is 0 Å². The molecule has 0 N–H and O–H groups in total. The second-order valence-electron chi connectivity index (χ2n) is 6.58. The molecule has 1 aliphatic carbocycles. The molecule has 1 aliphatic heterocycles. The van der Waals surface area contributed by atoms with Crippen LogP contribution in [-0.4, -0.2) is 19.5 Å². The Morgan fingerprint density at radius 1 is 0.889 bits per heavy atom. The summed E-state index contributed by atoms with van der Waals surface area (Å²) in [5, 5.41) is 0. The minimum Gasteiger partial charge on any atom is -0.350 e. The van der Waals surface area contributed by atoms with Crippen LogP contribution in [0.4, 0.5) is 0 Å². The van der Waals surface area contributed by atoms with Crippen molar-refractivity contribution < 1.29 is 9.47 Å². The molecule has 3 rings (SSSR count). The van der Waals surface area contributed by atoms with Crippen LogP contribution in [0.15, 0.2) is 24.3 Å². The average molecular weight is 246 g/mol. The molecule has 0 radical (unpaired) electrons. The zero-order chi connectivity index (χ0) is 13.0. The fourth-order valence-electron chi connectivity index (χ4n) is 4.09. The van der Waals surface area contributed by atoms with Gasteiger partial charge in [-0.25, -0.2) is 0 Å². The fourth-order valence-corrected chi connectivity index (χ4v) is 4.09. The molecule has 18 heavy (non-hydrogen) atoms. The first kappa shape index (κ1) is 12.2. The minimum atomic E-state index is -0.0672. The van der Waals surface area contributed by atoms with Crippen molar-refractivity contribution in [2.45, 2.75) is 44.8 Å². The lowest BCUT2D eigenvalue weighted by molar-refractivity contribution is -0.116. The lowest BCUT2D eigenvalue weighted by Crippen LogP contribution is -2.43. The van der Waals surface area contributed by atoms with E-state index in [9.17, 15) is 0 Å². The number of hydrogen-bond donors (Lipinski definition) is 0. The first-order valence-electron chi connectivity index (χ1n) is 6.79. The van der Waals surface area contributed by atoms with E-state index in [0.717, 1.165) is 13.2 Å². The van der Waals surface area contributed by atoms with E-state index in [1.165, 1.54) is 11.1 Å². The summed E-state index contributed by atoms with van der Waals surface area (Å²) in [5.74, 6) is 0.366. The summed E-state index contributed by atoms with van der Waals surface area (Å²) in [6.07, 6.45) is -0.0672. The summed E-state index contributed by atoms with van der Waals surface area (Å²) in [6, 6.07) is 8.78. The van der Waals surface area contributed by atoms with Crippen LogP contribution < -0.4 is 0 Å². The minimum absolute atomic E-state index is 0.0672. The highest BCUT2D eigenvalue weighted by atomic mass is 16.7. The highest BCUT2D eigenvalue weighted by molar-refractivity contribution is 5.46. The largest absolute Gasteiger partial charge is 0.350 e. The normalized spacial score (nSPS) is 26.4. The number of benzene rings is 1. The fraction of sp³-hybridized carbons (Fsp3) is 0.625. The molecule has 1 fully saturated rings. The molecule has 1 heterocycles. The van der Waals surface area contributed by atoms with E-state index in [1.807, 2.05) is 0 Å². The van der Waals surface area contributed by atoms with E-state index in [2.05, 4.69) is 52.0 Å². The standard InChI is InChI=1S/C16H22O2/c1-15(2)11-7-5-6-8-12(11)16(3,4)13(15)14-17-9-10-18-14/h5-8,13-14H,9-10H2,1-4H3. The molecule has 2 nitrogen and oxygen atoms in total. The molecule has 0 saturated carbocycles. The van der Waals surface area contributed by atoms with Gasteiger partial charge in [-0.2, -0.15) is 0 Å². The van der Waals surface area contributed by atoms with Gasteiger partial charge in [0, 0.05) is 5.92 Å². The maximum absolute atomic E-state index is 5.82. The van der Waals surface area contributed by atoms with Crippen LogP contribution in [-0.2, 0) is 20.3 Å². The number of ether oxygens (including phenoxy) is 2. The molecule has 2 heteroatoms. The van der Waals surface area contributed by atoms with E-state index in [-0.39, 0.29) is 17.1 Å². The molecular weight excluding hydrogens is 224 g/mol. The van der Waals surface area contributed by atoms with Crippen molar-refractivity contribution in [3.8, 4) is 0 Å². The van der Waals surface area contributed by atoms with E-state index < -0.39 is 0 Å². The molecule has 0 unspecified atom stereocenters. The topological polar surface area (TPSA) is 18.5 Å². The van der Waals surface area contributed by atoms with Gasteiger partial charge in [-0.3, -0.25) is 0 Å². The third-order valence-electron chi connectivity index (χ3n) is 4.79. The van der Waals surface area contributed by atoms with Crippen LogP contribution in [0.1, 0.15) is 38.8 Å². The molecule has 0 atom stereocenters. The van der Waals surface area contributed by atoms with Crippen LogP contribution >= 0.6 is 0 Å². The summed E-state index contributed by atoms with van der Waals surface area (Å²) >= 11 is 0. The molecule has 1 aromatic carbocycles. The van der Waals surface area contributed by atoms with Gasteiger partial charge in [0.25, 0.3) is 0 Å². The Bertz CT molecular complexity index is 421. The van der Waals surface area contributed by atoms with Gasteiger partial charge < -0.3 is 9.47 Å². The van der Waals surface area contributed by atoms with Crippen molar-refractivity contribution in [2.75, 3.05) is 13.2 Å². The van der Waals surface area contributed by atoms with E-state index in [0.29, 0.717) is 5.92 Å². The predicted octanol–water partition coefficient (Wildman–Crippen LogP) is 3.24. The highest BCUT2D eigenvalue weighted by Crippen LogP contribution is 2.55. The lowest BCUT2D eigenvalue weighted by Gasteiger charge is -2.38. The SMILES string of the molecule is CC1(C)c2ccccc2C(C)(C)C1C1OCCO1. The molecule has 1 aromatic rings. The van der Waals surface area contributed by atoms with Gasteiger partial charge in [0.15, 0.2) is 6.29 Å². The van der Waals surface area contributed by atoms with Gasteiger partial charge in [-0.15, -0.1) is 0 Å². The zero-order valence-corrected chi connectivity index (χ0v) is 11.7. The first-order valence-corrected chi connectivity index (χ1v) is 6.79. The highest BCUT2D eigenvalue weighted by Gasteiger charge is 2.55. The summed E-state index contributed by atoms with van der Waals surface area (Å²) in [6.45, 7) is 10.7. The molecule has 2 aliphatic rings. The Morgan fingerprint density at radius 2 is 1.33 bits per heavy atom. The second-order valence-corrected chi connectivity index (χ2v) is 6.58. The Hall–Kier alpha value is -0.860. The van der Waals surface area contributed by atoms with E-state index >= 15 is 0 Å². The van der Waals surface area contributed by atoms with Gasteiger partial charge >= 0.3 is 0 Å². The summed E-state index contributed by atoms with van der Waals surface area (Å²) in [5.41, 5.74) is 3.07. The quantitative estimate of drug-likeness (QED) is 0.757. The smallest absolute Gasteiger partial charge is 0.162 e. The van der Waals surface area contributed by atoms with Crippen molar-refractivity contribution in [3.63, 3.8) is 0 Å². The number of rotatable bonds is 1. The maximum atomic E-state index is 5.82. The van der Waals surface area contributed by atoms with Gasteiger partial charge in [-0.05, 0) is 22.0 Å². The van der Waals surface area contributed by atoms with Crippen molar-refractivity contribution >= 4 is 0 Å². The van der Waals surface area contributed by atoms with Gasteiger partial charge in [0.05, 0.1) is 13.2 Å². The Balaban J connectivity index is 2.11. The molecule has 0 bridgehead atoms. The monoisotopic (exact) mass is 246 g/mol. The molecule has 1 saturated heterocycles. The lowest BCUT2D eigenvalue weighted by atomic mass is 9.69. The number of hydrogen-bond acceptors (Lipinski definition) is 2. The summed E-state index contributed by atoms with van der Waals surface area (Å²) in [7, 11) is 0. The van der Waals surface area contributed by atoms with Crippen LogP contribution in [0.25, 0.3) is 0 Å². The molecule has 0 amide bonds. The van der Waals surface area contributed by atoms with Crippen molar-refractivity contribution in [1.82, 2.24) is 0 Å². The second kappa shape index (κ2) is 3.82. The zero-order valence-electron chi connectivity index (χ0n) is 11.7. The maximum Gasteiger partial charge on any atom is 0.162 e. The van der Waals surface area contributed by atoms with Gasteiger partial charge in [0.1, 0.15) is 0 Å². The summed E-state index contributed by atoms with van der Waals surface area (Å²) < 4.78 is 11.6. The Kier molecular flexibility index (Phi) is 2.58. The van der Waals surface area contributed by atoms with Crippen LogP contribution in [0.3, 0.4) is 0 Å². The number of fused-ring (bicyclic) bond motifs is 1. The third kappa shape index (κ3) is 1.49. The average Bonchev–Trinajstić information content (AvgIpc) is 2.86. The van der Waals surface area contributed by atoms with Crippen molar-refractivity contribution in [2.24, 2.45) is 5.92 Å². The van der Waals surface area contributed by atoms with Gasteiger partial charge in [-0.1, -0.05) is 52.0 Å². The van der Waals surface area contributed by atoms with Crippen molar-refractivity contribution in [1.29, 1.82) is 0 Å². The van der Waals surface area contributed by atoms with Crippen LogP contribution in [0.2, 0.25) is 0 Å². The molecule has 0 spiro atoms. The van der Waals surface area contributed by atoms with Crippen molar-refractivity contribution in [3.05, 3.63) is 35.4 Å². The summed E-state index contributed by atoms with van der Waals surface area (Å²) in [4.78, 5) is 0. The third-order valence-corrected chi connectivity index (χ3v) is 4.79. The molecule has 0 aromatic heterocycles. The predicted molar refractivity (Wildman–Crippen MR) is 71.7 cm³/mol. The first-order chi connectivity index (χ1) is 8.45. The molecular formula is C16H22O2. The van der Waals surface area contributed by atoms with E-state index in [1.54, 1.807) is 0 Å². The Labute approximate surface area is 109 Å². The Morgan fingerprint density at radius 3 is 1.78 bits per heavy atom. The van der Waals surface area contributed by atoms with Gasteiger partial charge in [0.2, 0.25) is 0 Å². The molecule has 98 valence electrons. The van der Waals surface area contributed by atoms with E-state index in [4.69, 9.17) is 9.47 Å². The van der Waals surface area contributed by atoms with Crippen LogP contribution in [0, 0.1) is 5.92 Å².